The Kier molecular flexibility index (Phi) is 3.94. The van der Waals surface area contributed by atoms with Crippen molar-refractivity contribution in [3.63, 3.8) is 0 Å². The number of halogens is 3. The molecule has 128 valence electrons. The second kappa shape index (κ2) is 5.69. The van der Waals surface area contributed by atoms with Crippen LogP contribution in [0.25, 0.3) is 5.69 Å². The third kappa shape index (κ3) is 2.60. The van der Waals surface area contributed by atoms with Crippen LogP contribution in [0.2, 0.25) is 0 Å². The van der Waals surface area contributed by atoms with Crippen molar-refractivity contribution >= 4 is 11.5 Å². The molecule has 1 heterocycles. The van der Waals surface area contributed by atoms with Gasteiger partial charge in [-0.05, 0) is 49.9 Å². The van der Waals surface area contributed by atoms with Gasteiger partial charge in [-0.25, -0.2) is 0 Å². The number of anilines is 1. The van der Waals surface area contributed by atoms with E-state index in [1.165, 1.54) is 6.07 Å². The Bertz CT molecular complexity index is 819. The molecule has 0 saturated carbocycles. The molecule has 1 aliphatic carbocycles. The van der Waals surface area contributed by atoms with Gasteiger partial charge < -0.3 is 10.3 Å². The number of ketones is 1. The van der Waals surface area contributed by atoms with Gasteiger partial charge in [0.25, 0.3) is 0 Å². The number of nitrogen functional groups attached to an aromatic ring is 1. The highest BCUT2D eigenvalue weighted by atomic mass is 19.4. The van der Waals surface area contributed by atoms with Crippen LogP contribution in [0.15, 0.2) is 18.2 Å². The monoisotopic (exact) mass is 336 g/mol. The fourth-order valence-corrected chi connectivity index (χ4v) is 3.62. The molecule has 3 rings (SSSR count). The number of nitrogens with two attached hydrogens (primary N) is 1. The lowest BCUT2D eigenvalue weighted by atomic mass is 9.92. The van der Waals surface area contributed by atoms with Crippen LogP contribution >= 0.6 is 0 Å². The number of carbonyl (C=O) groups is 1. The predicted octanol–water partition coefficient (Wildman–Crippen LogP) is 4.47. The lowest BCUT2D eigenvalue weighted by Crippen LogP contribution is -2.14. The average Bonchev–Trinajstić information content (AvgIpc) is 2.78. The van der Waals surface area contributed by atoms with Crippen molar-refractivity contribution in [2.45, 2.75) is 45.7 Å². The summed E-state index contributed by atoms with van der Waals surface area (Å²) in [5.74, 6) is 0.0786. The van der Waals surface area contributed by atoms with E-state index in [2.05, 4.69) is 0 Å². The van der Waals surface area contributed by atoms with Gasteiger partial charge in [-0.2, -0.15) is 13.2 Å². The minimum Gasteiger partial charge on any atom is -0.399 e. The van der Waals surface area contributed by atoms with Crippen molar-refractivity contribution in [2.75, 3.05) is 5.73 Å². The van der Waals surface area contributed by atoms with E-state index < -0.39 is 11.7 Å². The summed E-state index contributed by atoms with van der Waals surface area (Å²) in [5, 5.41) is 0. The van der Waals surface area contributed by atoms with Gasteiger partial charge in [0.1, 0.15) is 0 Å². The summed E-state index contributed by atoms with van der Waals surface area (Å²) >= 11 is 0. The number of alkyl halides is 3. The first-order valence-electron chi connectivity index (χ1n) is 7.98. The molecule has 1 aliphatic rings. The highest BCUT2D eigenvalue weighted by Crippen LogP contribution is 2.36. The Balaban J connectivity index is 2.28. The standard InChI is InChI=1S/C18H19F3N2O/c1-3-14-10(2)23(15-5-4-6-16(24)17(14)15)13-8-11(18(19,20)21)7-12(22)9-13/h7-9H,3-6,22H2,1-2H3. The minimum atomic E-state index is -4.46. The normalized spacial score (nSPS) is 14.8. The van der Waals surface area contributed by atoms with Crippen molar-refractivity contribution < 1.29 is 18.0 Å². The van der Waals surface area contributed by atoms with Gasteiger partial charge in [0.15, 0.2) is 5.78 Å². The Morgan fingerprint density at radius 2 is 1.92 bits per heavy atom. The maximum absolute atomic E-state index is 13.1. The van der Waals surface area contributed by atoms with E-state index in [0.717, 1.165) is 29.1 Å². The summed E-state index contributed by atoms with van der Waals surface area (Å²) in [6.45, 7) is 3.80. The van der Waals surface area contributed by atoms with Crippen LogP contribution in [0.1, 0.15) is 52.6 Å². The van der Waals surface area contributed by atoms with Crippen molar-refractivity contribution in [3.05, 3.63) is 46.3 Å². The van der Waals surface area contributed by atoms with E-state index in [-0.39, 0.29) is 11.5 Å². The summed E-state index contributed by atoms with van der Waals surface area (Å²) in [6.07, 6.45) is -1.91. The van der Waals surface area contributed by atoms with E-state index in [4.69, 9.17) is 5.73 Å². The van der Waals surface area contributed by atoms with Gasteiger partial charge in [0.2, 0.25) is 0 Å². The zero-order chi connectivity index (χ0) is 17.6. The van der Waals surface area contributed by atoms with Gasteiger partial charge in [-0.1, -0.05) is 6.92 Å². The molecule has 0 bridgehead atoms. The van der Waals surface area contributed by atoms with E-state index >= 15 is 0 Å². The SMILES string of the molecule is CCc1c2c(n(-c3cc(N)cc(C(F)(F)F)c3)c1C)CCCC2=O. The molecule has 3 nitrogen and oxygen atoms in total. The number of nitrogens with zero attached hydrogens (tertiary/aromatic N) is 1. The van der Waals surface area contributed by atoms with Crippen LogP contribution in [0.4, 0.5) is 18.9 Å². The second-order valence-electron chi connectivity index (χ2n) is 6.16. The van der Waals surface area contributed by atoms with Crippen molar-refractivity contribution in [2.24, 2.45) is 0 Å². The number of aromatic nitrogens is 1. The van der Waals surface area contributed by atoms with Gasteiger partial charge in [0.05, 0.1) is 5.56 Å². The van der Waals surface area contributed by atoms with Crippen LogP contribution in [0, 0.1) is 6.92 Å². The molecule has 2 N–H and O–H groups in total. The molecule has 0 amide bonds. The molecule has 1 aromatic heterocycles. The molecule has 6 heteroatoms. The van der Waals surface area contributed by atoms with Crippen molar-refractivity contribution in [1.29, 1.82) is 0 Å². The van der Waals surface area contributed by atoms with E-state index in [1.54, 1.807) is 4.57 Å². The largest absolute Gasteiger partial charge is 0.416 e. The Hall–Kier alpha value is -2.24. The molecule has 0 fully saturated rings. The third-order valence-electron chi connectivity index (χ3n) is 4.61. The Labute approximate surface area is 138 Å². The highest BCUT2D eigenvalue weighted by Gasteiger charge is 2.32. The topological polar surface area (TPSA) is 48.0 Å². The van der Waals surface area contributed by atoms with E-state index in [9.17, 15) is 18.0 Å². The molecule has 0 aliphatic heterocycles. The number of rotatable bonds is 2. The van der Waals surface area contributed by atoms with Crippen molar-refractivity contribution in [3.8, 4) is 5.69 Å². The van der Waals surface area contributed by atoms with E-state index in [0.29, 0.717) is 36.9 Å². The lowest BCUT2D eigenvalue weighted by Gasteiger charge is -2.18. The maximum Gasteiger partial charge on any atom is 0.416 e. The summed E-state index contributed by atoms with van der Waals surface area (Å²) in [5.41, 5.74) is 8.59. The first-order valence-corrected chi connectivity index (χ1v) is 7.98. The minimum absolute atomic E-state index is 0.0573. The molecular weight excluding hydrogens is 317 g/mol. The fraction of sp³-hybridized carbons (Fsp3) is 0.389. The summed E-state index contributed by atoms with van der Waals surface area (Å²) in [4.78, 5) is 12.3. The predicted molar refractivity (Wildman–Crippen MR) is 86.6 cm³/mol. The number of hydrogen-bond donors (Lipinski definition) is 1. The van der Waals surface area contributed by atoms with Crippen LogP contribution in [0.3, 0.4) is 0 Å². The quantitative estimate of drug-likeness (QED) is 0.823. The summed E-state index contributed by atoms with van der Waals surface area (Å²) in [6, 6.07) is 3.56. The first-order chi connectivity index (χ1) is 11.2. The van der Waals surface area contributed by atoms with Crippen molar-refractivity contribution in [1.82, 2.24) is 4.57 Å². The van der Waals surface area contributed by atoms with E-state index in [1.807, 2.05) is 13.8 Å². The smallest absolute Gasteiger partial charge is 0.399 e. The molecular formula is C18H19F3N2O. The molecule has 0 spiro atoms. The van der Waals surface area contributed by atoms with Gasteiger partial charge >= 0.3 is 6.18 Å². The Morgan fingerprint density at radius 3 is 2.54 bits per heavy atom. The molecule has 0 unspecified atom stereocenters. The zero-order valence-corrected chi connectivity index (χ0v) is 13.6. The molecule has 0 atom stereocenters. The maximum atomic E-state index is 13.1. The molecule has 24 heavy (non-hydrogen) atoms. The number of carbonyl (C=O) groups excluding carboxylic acids is 1. The number of Topliss-reactive ketones (excluding diaryl/α,β-unsaturated/α-hetero) is 1. The summed E-state index contributed by atoms with van der Waals surface area (Å²) < 4.78 is 41.1. The lowest BCUT2D eigenvalue weighted by molar-refractivity contribution is -0.137. The Morgan fingerprint density at radius 1 is 1.21 bits per heavy atom. The number of benzene rings is 1. The first kappa shape index (κ1) is 16.6. The molecule has 0 radical (unpaired) electrons. The van der Waals surface area contributed by atoms with Gasteiger partial charge in [-0.15, -0.1) is 0 Å². The molecule has 1 aromatic carbocycles. The second-order valence-corrected chi connectivity index (χ2v) is 6.16. The molecule has 2 aromatic rings. The fourth-order valence-electron chi connectivity index (χ4n) is 3.62. The molecule has 0 saturated heterocycles. The van der Waals surface area contributed by atoms with Crippen LogP contribution in [-0.4, -0.2) is 10.4 Å². The third-order valence-corrected chi connectivity index (χ3v) is 4.61. The van der Waals surface area contributed by atoms with Crippen LogP contribution in [0.5, 0.6) is 0 Å². The van der Waals surface area contributed by atoms with Crippen LogP contribution < -0.4 is 5.73 Å². The van der Waals surface area contributed by atoms with Gasteiger partial charge in [-0.3, -0.25) is 4.79 Å². The van der Waals surface area contributed by atoms with Crippen LogP contribution in [-0.2, 0) is 19.0 Å². The zero-order valence-electron chi connectivity index (χ0n) is 13.6. The van der Waals surface area contributed by atoms with Gasteiger partial charge in [0, 0.05) is 34.7 Å². The number of fused-ring (bicyclic) bond motifs is 1. The summed E-state index contributed by atoms with van der Waals surface area (Å²) in [7, 11) is 0. The number of hydrogen-bond acceptors (Lipinski definition) is 2. The average molecular weight is 336 g/mol. The highest BCUT2D eigenvalue weighted by molar-refractivity contribution is 6.00.